The van der Waals surface area contributed by atoms with Crippen molar-refractivity contribution in [3.63, 3.8) is 0 Å². The average Bonchev–Trinajstić information content (AvgIpc) is 2.26. The summed E-state index contributed by atoms with van der Waals surface area (Å²) >= 11 is 0. The zero-order chi connectivity index (χ0) is 12.1. The molecule has 0 spiro atoms. The molecule has 0 amide bonds. The summed E-state index contributed by atoms with van der Waals surface area (Å²) in [6.45, 7) is 0. The van der Waals surface area contributed by atoms with Gasteiger partial charge < -0.3 is 10.0 Å². The van der Waals surface area contributed by atoms with Crippen LogP contribution in [0.2, 0.25) is 0 Å². The Labute approximate surface area is 93.8 Å². The third kappa shape index (κ3) is 3.24. The van der Waals surface area contributed by atoms with E-state index in [1.54, 1.807) is 11.1 Å². The standard InChI is InChI=1S/C12H13NO3/c1-13(2)8-7-11(14)9-3-5-10(6-4-9)12(15)16/h3-8H,1-2H3,(H,15,16). The molecule has 0 atom stereocenters. The van der Waals surface area contributed by atoms with Gasteiger partial charge in [-0.15, -0.1) is 0 Å². The first-order valence-electron chi connectivity index (χ1n) is 4.73. The van der Waals surface area contributed by atoms with Crippen molar-refractivity contribution in [2.24, 2.45) is 0 Å². The van der Waals surface area contributed by atoms with Gasteiger partial charge in [0.15, 0.2) is 5.78 Å². The summed E-state index contributed by atoms with van der Waals surface area (Å²) in [5.74, 6) is -1.14. The number of carbonyl (C=O) groups is 2. The number of carboxylic acids is 1. The lowest BCUT2D eigenvalue weighted by Gasteiger charge is -2.02. The Kier molecular flexibility index (Phi) is 3.83. The van der Waals surface area contributed by atoms with E-state index in [2.05, 4.69) is 0 Å². The Balaban J connectivity index is 2.82. The first kappa shape index (κ1) is 12.0. The van der Waals surface area contributed by atoms with Gasteiger partial charge >= 0.3 is 5.97 Å². The minimum Gasteiger partial charge on any atom is -0.478 e. The first-order chi connectivity index (χ1) is 7.50. The van der Waals surface area contributed by atoms with Crippen molar-refractivity contribution in [3.05, 3.63) is 47.7 Å². The van der Waals surface area contributed by atoms with Crippen molar-refractivity contribution in [3.8, 4) is 0 Å². The summed E-state index contributed by atoms with van der Waals surface area (Å²) in [6, 6.07) is 5.84. The molecule has 1 aromatic carbocycles. The molecular formula is C12H13NO3. The van der Waals surface area contributed by atoms with Crippen molar-refractivity contribution in [2.45, 2.75) is 0 Å². The Morgan fingerprint density at radius 1 is 1.12 bits per heavy atom. The number of aromatic carboxylic acids is 1. The van der Waals surface area contributed by atoms with Crippen LogP contribution < -0.4 is 0 Å². The van der Waals surface area contributed by atoms with Crippen LogP contribution in [0.3, 0.4) is 0 Å². The maximum absolute atomic E-state index is 11.6. The number of nitrogens with zero attached hydrogens (tertiary/aromatic N) is 1. The molecule has 0 unspecified atom stereocenters. The van der Waals surface area contributed by atoms with Crippen LogP contribution in [0.1, 0.15) is 20.7 Å². The molecule has 16 heavy (non-hydrogen) atoms. The fourth-order valence-corrected chi connectivity index (χ4v) is 1.09. The van der Waals surface area contributed by atoms with Crippen LogP contribution in [0.5, 0.6) is 0 Å². The van der Waals surface area contributed by atoms with Gasteiger partial charge in [0.05, 0.1) is 5.56 Å². The Morgan fingerprint density at radius 3 is 2.06 bits per heavy atom. The number of hydrogen-bond acceptors (Lipinski definition) is 3. The minimum atomic E-state index is -0.997. The summed E-state index contributed by atoms with van der Waals surface area (Å²) in [4.78, 5) is 23.9. The van der Waals surface area contributed by atoms with E-state index in [0.29, 0.717) is 5.56 Å². The Bertz CT molecular complexity index is 418. The molecule has 4 nitrogen and oxygen atoms in total. The molecule has 1 rings (SSSR count). The number of allylic oxidation sites excluding steroid dienone is 1. The first-order valence-corrected chi connectivity index (χ1v) is 4.73. The number of carboxylic acid groups (broad SMARTS) is 1. The highest BCUT2D eigenvalue weighted by Gasteiger charge is 2.05. The molecule has 0 aliphatic heterocycles. The predicted octanol–water partition coefficient (Wildman–Crippen LogP) is 1.64. The number of carbonyl (C=O) groups excluding carboxylic acids is 1. The fourth-order valence-electron chi connectivity index (χ4n) is 1.09. The third-order valence-electron chi connectivity index (χ3n) is 1.94. The van der Waals surface area contributed by atoms with E-state index in [1.165, 1.54) is 30.3 Å². The molecule has 0 fully saturated rings. The van der Waals surface area contributed by atoms with Crippen molar-refractivity contribution in [1.82, 2.24) is 4.90 Å². The second-order valence-electron chi connectivity index (χ2n) is 3.53. The molecule has 0 saturated carbocycles. The molecular weight excluding hydrogens is 206 g/mol. The van der Waals surface area contributed by atoms with E-state index in [1.807, 2.05) is 14.1 Å². The van der Waals surface area contributed by atoms with Crippen molar-refractivity contribution < 1.29 is 14.7 Å². The summed E-state index contributed by atoms with van der Waals surface area (Å²) < 4.78 is 0. The van der Waals surface area contributed by atoms with Crippen LogP contribution in [0.15, 0.2) is 36.5 Å². The predicted molar refractivity (Wildman–Crippen MR) is 60.6 cm³/mol. The zero-order valence-corrected chi connectivity index (χ0v) is 9.18. The van der Waals surface area contributed by atoms with E-state index in [0.717, 1.165) is 0 Å². The van der Waals surface area contributed by atoms with Gasteiger partial charge in [0.2, 0.25) is 0 Å². The molecule has 4 heteroatoms. The van der Waals surface area contributed by atoms with E-state index >= 15 is 0 Å². The van der Waals surface area contributed by atoms with Crippen LogP contribution in [-0.2, 0) is 0 Å². The van der Waals surface area contributed by atoms with Gasteiger partial charge in [-0.3, -0.25) is 4.79 Å². The average molecular weight is 219 g/mol. The maximum Gasteiger partial charge on any atom is 0.335 e. The molecule has 0 saturated heterocycles. The van der Waals surface area contributed by atoms with E-state index in [4.69, 9.17) is 5.11 Å². The highest BCUT2D eigenvalue weighted by Crippen LogP contribution is 2.06. The minimum absolute atomic E-state index is 0.148. The number of rotatable bonds is 4. The van der Waals surface area contributed by atoms with Gasteiger partial charge in [0, 0.05) is 31.9 Å². The molecule has 1 aromatic rings. The number of ketones is 1. The third-order valence-corrected chi connectivity index (χ3v) is 1.94. The summed E-state index contributed by atoms with van der Waals surface area (Å²) in [5, 5.41) is 8.68. The topological polar surface area (TPSA) is 57.6 Å². The molecule has 0 radical (unpaired) electrons. The molecule has 0 bridgehead atoms. The molecule has 0 heterocycles. The summed E-state index contributed by atoms with van der Waals surface area (Å²) in [7, 11) is 3.63. The second kappa shape index (κ2) is 5.11. The normalized spacial score (nSPS) is 10.4. The monoisotopic (exact) mass is 219 g/mol. The van der Waals surface area contributed by atoms with Crippen LogP contribution in [0.25, 0.3) is 0 Å². The maximum atomic E-state index is 11.6. The molecule has 1 N–H and O–H groups in total. The van der Waals surface area contributed by atoms with Crippen molar-refractivity contribution in [2.75, 3.05) is 14.1 Å². The number of benzene rings is 1. The molecule has 0 aromatic heterocycles. The highest BCUT2D eigenvalue weighted by atomic mass is 16.4. The Morgan fingerprint density at radius 2 is 1.62 bits per heavy atom. The summed E-state index contributed by atoms with van der Waals surface area (Å²) in [6.07, 6.45) is 3.09. The van der Waals surface area contributed by atoms with Gasteiger partial charge in [-0.25, -0.2) is 4.79 Å². The van der Waals surface area contributed by atoms with Crippen molar-refractivity contribution >= 4 is 11.8 Å². The zero-order valence-electron chi connectivity index (χ0n) is 9.18. The van der Waals surface area contributed by atoms with E-state index < -0.39 is 5.97 Å². The fraction of sp³-hybridized carbons (Fsp3) is 0.167. The van der Waals surface area contributed by atoms with Crippen LogP contribution >= 0.6 is 0 Å². The van der Waals surface area contributed by atoms with E-state index in [9.17, 15) is 9.59 Å². The van der Waals surface area contributed by atoms with Gasteiger partial charge in [0.25, 0.3) is 0 Å². The highest BCUT2D eigenvalue weighted by molar-refractivity contribution is 6.04. The molecule has 0 aliphatic rings. The lowest BCUT2D eigenvalue weighted by Crippen LogP contribution is -2.03. The lowest BCUT2D eigenvalue weighted by atomic mass is 10.1. The van der Waals surface area contributed by atoms with Gasteiger partial charge in [-0.05, 0) is 12.1 Å². The van der Waals surface area contributed by atoms with E-state index in [-0.39, 0.29) is 11.3 Å². The van der Waals surface area contributed by atoms with Crippen molar-refractivity contribution in [1.29, 1.82) is 0 Å². The number of hydrogen-bond donors (Lipinski definition) is 1. The lowest BCUT2D eigenvalue weighted by molar-refractivity contribution is 0.0696. The van der Waals surface area contributed by atoms with Crippen LogP contribution in [0.4, 0.5) is 0 Å². The Hall–Kier alpha value is -2.10. The molecule has 0 aliphatic carbocycles. The van der Waals surface area contributed by atoms with Gasteiger partial charge in [-0.1, -0.05) is 12.1 Å². The molecule has 84 valence electrons. The quantitative estimate of drug-likeness (QED) is 0.617. The second-order valence-corrected chi connectivity index (χ2v) is 3.53. The van der Waals surface area contributed by atoms with Gasteiger partial charge in [0.1, 0.15) is 0 Å². The smallest absolute Gasteiger partial charge is 0.335 e. The largest absolute Gasteiger partial charge is 0.478 e. The van der Waals surface area contributed by atoms with Gasteiger partial charge in [-0.2, -0.15) is 0 Å². The summed E-state index contributed by atoms with van der Waals surface area (Å²) in [5.41, 5.74) is 0.649. The van der Waals surface area contributed by atoms with Crippen LogP contribution in [0, 0.1) is 0 Å². The SMILES string of the molecule is CN(C)C=CC(=O)c1ccc(C(=O)O)cc1. The van der Waals surface area contributed by atoms with Crippen LogP contribution in [-0.4, -0.2) is 35.9 Å².